The van der Waals surface area contributed by atoms with Gasteiger partial charge in [0.2, 0.25) is 0 Å². The lowest BCUT2D eigenvalue weighted by Gasteiger charge is -2.46. The van der Waals surface area contributed by atoms with Crippen molar-refractivity contribution in [1.29, 1.82) is 0 Å². The molecule has 3 atom stereocenters. The van der Waals surface area contributed by atoms with Crippen LogP contribution in [-0.4, -0.2) is 47.5 Å². The number of carbonyl (C=O) groups is 2. The molecule has 174 valence electrons. The van der Waals surface area contributed by atoms with Gasteiger partial charge in [-0.15, -0.1) is 0 Å². The molecule has 1 unspecified atom stereocenters. The predicted molar refractivity (Wildman–Crippen MR) is 123 cm³/mol. The summed E-state index contributed by atoms with van der Waals surface area (Å²) in [6.07, 6.45) is 3.36. The van der Waals surface area contributed by atoms with Gasteiger partial charge in [0.15, 0.2) is 0 Å². The fraction of sp³-hybridized carbons (Fsp3) is 0.462. The van der Waals surface area contributed by atoms with Crippen molar-refractivity contribution in [3.8, 4) is 0 Å². The molecule has 1 N–H and O–H groups in total. The number of para-hydroxylation sites is 1. The summed E-state index contributed by atoms with van der Waals surface area (Å²) < 4.78 is 11.3. The van der Waals surface area contributed by atoms with E-state index < -0.39 is 6.09 Å². The number of hydrogen-bond donors (Lipinski definition) is 1. The zero-order valence-electron chi connectivity index (χ0n) is 18.6. The van der Waals surface area contributed by atoms with Crippen molar-refractivity contribution in [2.24, 2.45) is 5.92 Å². The first-order chi connectivity index (χ1) is 16.1. The summed E-state index contributed by atoms with van der Waals surface area (Å²) in [5.41, 5.74) is 2.69. The first kappa shape index (κ1) is 21.8. The van der Waals surface area contributed by atoms with Gasteiger partial charge in [-0.3, -0.25) is 9.80 Å². The van der Waals surface area contributed by atoms with Gasteiger partial charge >= 0.3 is 12.2 Å². The van der Waals surface area contributed by atoms with E-state index in [1.54, 1.807) is 0 Å². The van der Waals surface area contributed by atoms with Crippen LogP contribution in [0.2, 0.25) is 0 Å². The van der Waals surface area contributed by atoms with Crippen molar-refractivity contribution in [2.45, 2.75) is 56.8 Å². The van der Waals surface area contributed by atoms with Crippen LogP contribution in [0.5, 0.6) is 0 Å². The normalized spacial score (nSPS) is 23.5. The van der Waals surface area contributed by atoms with E-state index in [1.807, 2.05) is 59.5 Å². The lowest BCUT2D eigenvalue weighted by atomic mass is 9.82. The van der Waals surface area contributed by atoms with Crippen molar-refractivity contribution in [2.75, 3.05) is 18.1 Å². The van der Waals surface area contributed by atoms with E-state index in [9.17, 15) is 14.7 Å². The molecule has 0 bridgehead atoms. The third-order valence-electron chi connectivity index (χ3n) is 7.01. The van der Waals surface area contributed by atoms with Gasteiger partial charge in [-0.1, -0.05) is 55.0 Å². The molecule has 2 amide bonds. The summed E-state index contributed by atoms with van der Waals surface area (Å²) in [6.45, 7) is 1.01. The van der Waals surface area contributed by atoms with Crippen LogP contribution in [0.25, 0.3) is 0 Å². The number of hydrogen-bond acceptors (Lipinski definition) is 4. The Morgan fingerprint density at radius 1 is 0.970 bits per heavy atom. The van der Waals surface area contributed by atoms with Gasteiger partial charge < -0.3 is 14.6 Å². The molecule has 5 rings (SSSR count). The highest BCUT2D eigenvalue weighted by Crippen LogP contribution is 2.52. The molecule has 7 nitrogen and oxygen atoms in total. The summed E-state index contributed by atoms with van der Waals surface area (Å²) in [6, 6.07) is 17.4. The molecule has 2 aliphatic carbocycles. The molecule has 2 fully saturated rings. The Morgan fingerprint density at radius 2 is 1.73 bits per heavy atom. The van der Waals surface area contributed by atoms with Gasteiger partial charge in [0, 0.05) is 18.0 Å². The van der Waals surface area contributed by atoms with E-state index in [0.29, 0.717) is 18.9 Å². The van der Waals surface area contributed by atoms with Crippen LogP contribution >= 0.6 is 0 Å². The average molecular weight is 451 g/mol. The van der Waals surface area contributed by atoms with Crippen molar-refractivity contribution >= 4 is 17.9 Å². The maximum absolute atomic E-state index is 13.3. The molecule has 2 aromatic carbocycles. The van der Waals surface area contributed by atoms with Crippen LogP contribution in [0.15, 0.2) is 54.6 Å². The highest BCUT2D eigenvalue weighted by Gasteiger charge is 2.51. The number of nitrogens with zero attached hydrogens (tertiary/aromatic N) is 2. The van der Waals surface area contributed by atoms with E-state index >= 15 is 0 Å². The van der Waals surface area contributed by atoms with Crippen LogP contribution in [0, 0.1) is 5.92 Å². The molecule has 3 aliphatic rings. The highest BCUT2D eigenvalue weighted by molar-refractivity contribution is 5.89. The lowest BCUT2D eigenvalue weighted by molar-refractivity contribution is 0.0315. The van der Waals surface area contributed by atoms with Crippen LogP contribution in [0.3, 0.4) is 0 Å². The predicted octanol–water partition coefficient (Wildman–Crippen LogP) is 5.21. The molecule has 1 heterocycles. The molecule has 0 saturated heterocycles. The minimum atomic E-state index is -0.922. The van der Waals surface area contributed by atoms with Crippen molar-refractivity contribution in [3.63, 3.8) is 0 Å². The minimum absolute atomic E-state index is 0.0819. The Bertz CT molecular complexity index is 993. The second-order valence-corrected chi connectivity index (χ2v) is 9.11. The summed E-state index contributed by atoms with van der Waals surface area (Å²) in [4.78, 5) is 28.8. The summed E-state index contributed by atoms with van der Waals surface area (Å²) in [5.74, 6) is 0.0819. The molecule has 33 heavy (non-hydrogen) atoms. The van der Waals surface area contributed by atoms with E-state index in [1.165, 1.54) is 4.90 Å². The molecule has 2 aromatic rings. The Hall–Kier alpha value is -3.06. The van der Waals surface area contributed by atoms with Crippen LogP contribution in [-0.2, 0) is 16.1 Å². The molecular weight excluding hydrogens is 420 g/mol. The van der Waals surface area contributed by atoms with Gasteiger partial charge in [-0.25, -0.2) is 9.59 Å². The number of anilines is 1. The highest BCUT2D eigenvalue weighted by atomic mass is 16.6. The third kappa shape index (κ3) is 4.42. The molecule has 0 radical (unpaired) electrons. The number of carbonyl (C=O) groups excluding carboxylic acids is 1. The Morgan fingerprint density at radius 3 is 2.48 bits per heavy atom. The quantitative estimate of drug-likeness (QED) is 0.586. The van der Waals surface area contributed by atoms with Gasteiger partial charge in [0.25, 0.3) is 0 Å². The van der Waals surface area contributed by atoms with E-state index in [2.05, 4.69) is 0 Å². The van der Waals surface area contributed by atoms with Gasteiger partial charge in [0.1, 0.15) is 6.61 Å². The van der Waals surface area contributed by atoms with E-state index in [4.69, 9.17) is 9.47 Å². The molecule has 1 aliphatic heterocycles. The van der Waals surface area contributed by atoms with Gasteiger partial charge in [0.05, 0.1) is 24.9 Å². The van der Waals surface area contributed by atoms with E-state index in [0.717, 1.165) is 43.2 Å². The van der Waals surface area contributed by atoms with Crippen LogP contribution < -0.4 is 4.90 Å². The summed E-state index contributed by atoms with van der Waals surface area (Å²) in [7, 11) is 0. The van der Waals surface area contributed by atoms with E-state index in [-0.39, 0.29) is 36.7 Å². The van der Waals surface area contributed by atoms with Gasteiger partial charge in [-0.05, 0) is 42.9 Å². The van der Waals surface area contributed by atoms with Crippen LogP contribution in [0.4, 0.5) is 15.3 Å². The van der Waals surface area contributed by atoms with Crippen LogP contribution in [0.1, 0.15) is 49.3 Å². The number of carboxylic acid groups (broad SMARTS) is 1. The monoisotopic (exact) mass is 450 g/mol. The smallest absolute Gasteiger partial charge is 0.412 e. The molecule has 0 aromatic heterocycles. The van der Waals surface area contributed by atoms with Crippen molar-refractivity contribution in [1.82, 2.24) is 4.90 Å². The van der Waals surface area contributed by atoms with Gasteiger partial charge in [-0.2, -0.15) is 0 Å². The van der Waals surface area contributed by atoms with Crippen molar-refractivity contribution < 1.29 is 24.2 Å². The Balaban J connectivity index is 1.30. The standard InChI is InChI=1S/C26H30N2O5/c29-25(30)28-22-11-5-4-9-20(22)24(21-10-6-12-23(21)28)27(19-13-14-19)26(31)33-16-15-32-17-18-7-2-1-3-8-18/h1-5,7-9,11,19,21,23-24H,6,10,12-17H2,(H,29,30)/t21-,23+,24?/m0/s1. The number of rotatable bonds is 7. The maximum atomic E-state index is 13.3. The third-order valence-corrected chi connectivity index (χ3v) is 7.01. The zero-order valence-corrected chi connectivity index (χ0v) is 18.6. The first-order valence-corrected chi connectivity index (χ1v) is 11.8. The minimum Gasteiger partial charge on any atom is -0.465 e. The fourth-order valence-corrected chi connectivity index (χ4v) is 5.49. The zero-order chi connectivity index (χ0) is 22.8. The second kappa shape index (κ2) is 9.43. The second-order valence-electron chi connectivity index (χ2n) is 9.11. The number of amides is 2. The average Bonchev–Trinajstić information content (AvgIpc) is 3.54. The lowest BCUT2D eigenvalue weighted by Crippen LogP contribution is -2.52. The topological polar surface area (TPSA) is 79.3 Å². The number of fused-ring (bicyclic) bond motifs is 2. The SMILES string of the molecule is O=C(OCCOCc1ccccc1)N(C1CC1)C1c2ccccc2N(C(=O)O)[C@@H]2CCC[C@H]12. The summed E-state index contributed by atoms with van der Waals surface area (Å²) >= 11 is 0. The first-order valence-electron chi connectivity index (χ1n) is 11.8. The number of ether oxygens (including phenoxy) is 2. The molecule has 2 saturated carbocycles. The Labute approximate surface area is 193 Å². The Kier molecular flexibility index (Phi) is 6.22. The maximum Gasteiger partial charge on any atom is 0.412 e. The molecule has 7 heteroatoms. The largest absolute Gasteiger partial charge is 0.465 e. The molecular formula is C26H30N2O5. The summed E-state index contributed by atoms with van der Waals surface area (Å²) in [5, 5.41) is 9.94. The van der Waals surface area contributed by atoms with Crippen molar-refractivity contribution in [3.05, 3.63) is 65.7 Å². The fourth-order valence-electron chi connectivity index (χ4n) is 5.49. The molecule has 0 spiro atoms. The number of benzene rings is 2.